The molecule has 1 aromatic heterocycles. The average molecular weight is 250 g/mol. The molecule has 0 saturated heterocycles. The van der Waals surface area contributed by atoms with Gasteiger partial charge in [0, 0.05) is 11.5 Å². The number of rotatable bonds is 2. The summed E-state index contributed by atoms with van der Waals surface area (Å²) in [5.74, 6) is 0. The second-order valence-electron chi connectivity index (χ2n) is 4.53. The van der Waals surface area contributed by atoms with Crippen molar-refractivity contribution in [1.29, 1.82) is 0 Å². The smallest absolute Gasteiger partial charge is 0.336 e. The van der Waals surface area contributed by atoms with E-state index in [4.69, 9.17) is 4.42 Å². The van der Waals surface area contributed by atoms with Crippen molar-refractivity contribution < 1.29 is 4.42 Å². The zero-order valence-corrected chi connectivity index (χ0v) is 10.7. The molecule has 3 aromatic rings. The summed E-state index contributed by atoms with van der Waals surface area (Å²) in [5, 5.41) is 0.991. The number of benzene rings is 2. The van der Waals surface area contributed by atoms with Crippen LogP contribution in [0.15, 0.2) is 63.8 Å². The third kappa shape index (κ3) is 2.17. The van der Waals surface area contributed by atoms with Gasteiger partial charge in [-0.25, -0.2) is 4.79 Å². The molecule has 0 N–H and O–H groups in total. The minimum Gasteiger partial charge on any atom is -0.423 e. The Bertz CT molecular complexity index is 770. The van der Waals surface area contributed by atoms with E-state index < -0.39 is 0 Å². The molecule has 3 rings (SSSR count). The van der Waals surface area contributed by atoms with E-state index in [9.17, 15) is 4.79 Å². The van der Waals surface area contributed by atoms with Crippen molar-refractivity contribution in [1.82, 2.24) is 0 Å². The normalized spacial score (nSPS) is 10.8. The first kappa shape index (κ1) is 11.7. The van der Waals surface area contributed by atoms with Gasteiger partial charge in [0.15, 0.2) is 0 Å². The summed E-state index contributed by atoms with van der Waals surface area (Å²) in [7, 11) is 0. The van der Waals surface area contributed by atoms with E-state index >= 15 is 0 Å². The Morgan fingerprint density at radius 3 is 2.53 bits per heavy atom. The first-order valence-electron chi connectivity index (χ1n) is 6.40. The van der Waals surface area contributed by atoms with Crippen LogP contribution in [0.3, 0.4) is 0 Å². The molecule has 0 spiro atoms. The molecule has 19 heavy (non-hydrogen) atoms. The van der Waals surface area contributed by atoms with Crippen LogP contribution in [0.1, 0.15) is 12.5 Å². The molecule has 0 bridgehead atoms. The van der Waals surface area contributed by atoms with Crippen LogP contribution in [0.5, 0.6) is 0 Å². The van der Waals surface area contributed by atoms with Crippen molar-refractivity contribution in [2.75, 3.05) is 0 Å². The maximum atomic E-state index is 11.7. The summed E-state index contributed by atoms with van der Waals surface area (Å²) in [6, 6.07) is 17.5. The molecule has 0 amide bonds. The van der Waals surface area contributed by atoms with Crippen LogP contribution in [0.4, 0.5) is 0 Å². The molecule has 0 unspecified atom stereocenters. The molecule has 0 atom stereocenters. The topological polar surface area (TPSA) is 30.2 Å². The second kappa shape index (κ2) is 4.73. The van der Waals surface area contributed by atoms with Gasteiger partial charge < -0.3 is 4.42 Å². The van der Waals surface area contributed by atoms with E-state index in [0.717, 1.165) is 22.9 Å². The predicted octanol–water partition coefficient (Wildman–Crippen LogP) is 4.02. The molecule has 0 saturated carbocycles. The van der Waals surface area contributed by atoms with E-state index in [1.807, 2.05) is 42.5 Å². The quantitative estimate of drug-likeness (QED) is 0.643. The minimum absolute atomic E-state index is 0.310. The fourth-order valence-electron chi connectivity index (χ4n) is 2.29. The summed E-state index contributed by atoms with van der Waals surface area (Å²) in [5.41, 5.74) is 3.54. The molecular weight excluding hydrogens is 236 g/mol. The largest absolute Gasteiger partial charge is 0.423 e. The Balaban J connectivity index is 2.36. The second-order valence-corrected chi connectivity index (χ2v) is 4.53. The molecule has 1 heterocycles. The lowest BCUT2D eigenvalue weighted by Gasteiger charge is -2.07. The number of hydrogen-bond donors (Lipinski definition) is 0. The van der Waals surface area contributed by atoms with E-state index in [-0.39, 0.29) is 5.63 Å². The Hall–Kier alpha value is -2.35. The SMILES string of the molecule is CCc1ccc2oc(=O)cc(-c3ccccc3)c2c1. The maximum absolute atomic E-state index is 11.7. The monoisotopic (exact) mass is 250 g/mol. The highest BCUT2D eigenvalue weighted by Gasteiger charge is 2.07. The van der Waals surface area contributed by atoms with Crippen LogP contribution in [0.25, 0.3) is 22.1 Å². The fourth-order valence-corrected chi connectivity index (χ4v) is 2.29. The van der Waals surface area contributed by atoms with Crippen LogP contribution >= 0.6 is 0 Å². The Kier molecular flexibility index (Phi) is 2.92. The lowest BCUT2D eigenvalue weighted by Crippen LogP contribution is -1.98. The lowest BCUT2D eigenvalue weighted by atomic mass is 10.00. The zero-order valence-electron chi connectivity index (χ0n) is 10.7. The number of aryl methyl sites for hydroxylation is 1. The van der Waals surface area contributed by atoms with Gasteiger partial charge in [0.2, 0.25) is 0 Å². The van der Waals surface area contributed by atoms with Gasteiger partial charge in [-0.15, -0.1) is 0 Å². The molecule has 0 aliphatic heterocycles. The lowest BCUT2D eigenvalue weighted by molar-refractivity contribution is 0.561. The number of fused-ring (bicyclic) bond motifs is 1. The molecule has 2 heteroatoms. The van der Waals surface area contributed by atoms with Crippen LogP contribution in [-0.4, -0.2) is 0 Å². The van der Waals surface area contributed by atoms with E-state index in [1.165, 1.54) is 5.56 Å². The summed E-state index contributed by atoms with van der Waals surface area (Å²) >= 11 is 0. The molecule has 2 nitrogen and oxygen atoms in total. The fraction of sp³-hybridized carbons (Fsp3) is 0.118. The average Bonchev–Trinajstić information content (AvgIpc) is 2.47. The van der Waals surface area contributed by atoms with Gasteiger partial charge in [0.25, 0.3) is 0 Å². The molecule has 0 radical (unpaired) electrons. The van der Waals surface area contributed by atoms with Crippen LogP contribution in [0.2, 0.25) is 0 Å². The first-order chi connectivity index (χ1) is 9.28. The highest BCUT2D eigenvalue weighted by Crippen LogP contribution is 2.27. The number of hydrogen-bond acceptors (Lipinski definition) is 2. The molecule has 0 aliphatic rings. The highest BCUT2D eigenvalue weighted by molar-refractivity contribution is 5.93. The van der Waals surface area contributed by atoms with Gasteiger partial charge in [-0.2, -0.15) is 0 Å². The molecule has 94 valence electrons. The van der Waals surface area contributed by atoms with Gasteiger partial charge in [-0.05, 0) is 35.2 Å². The Morgan fingerprint density at radius 2 is 1.79 bits per heavy atom. The highest BCUT2D eigenvalue weighted by atomic mass is 16.4. The van der Waals surface area contributed by atoms with Gasteiger partial charge in [-0.1, -0.05) is 43.3 Å². The third-order valence-electron chi connectivity index (χ3n) is 3.30. The van der Waals surface area contributed by atoms with Gasteiger partial charge in [-0.3, -0.25) is 0 Å². The van der Waals surface area contributed by atoms with E-state index in [1.54, 1.807) is 6.07 Å². The van der Waals surface area contributed by atoms with Crippen molar-refractivity contribution in [3.63, 3.8) is 0 Å². The Labute approximate surface area is 111 Å². The van der Waals surface area contributed by atoms with Gasteiger partial charge in [0.1, 0.15) is 5.58 Å². The predicted molar refractivity (Wildman–Crippen MR) is 77.3 cm³/mol. The van der Waals surface area contributed by atoms with Crippen molar-refractivity contribution in [2.24, 2.45) is 0 Å². The van der Waals surface area contributed by atoms with Crippen molar-refractivity contribution >= 4 is 11.0 Å². The first-order valence-corrected chi connectivity index (χ1v) is 6.40. The zero-order chi connectivity index (χ0) is 13.2. The maximum Gasteiger partial charge on any atom is 0.336 e. The Morgan fingerprint density at radius 1 is 1.00 bits per heavy atom. The van der Waals surface area contributed by atoms with Gasteiger partial charge in [0.05, 0.1) is 0 Å². The van der Waals surface area contributed by atoms with Crippen LogP contribution in [-0.2, 0) is 6.42 Å². The summed E-state index contributed by atoms with van der Waals surface area (Å²) in [6.07, 6.45) is 0.962. The van der Waals surface area contributed by atoms with Crippen LogP contribution < -0.4 is 5.63 Å². The standard InChI is InChI=1S/C17H14O2/c1-2-12-8-9-16-15(10-12)14(11-17(18)19-16)13-6-4-3-5-7-13/h3-11H,2H2,1H3. The summed E-state index contributed by atoms with van der Waals surface area (Å²) < 4.78 is 5.27. The molecule has 2 aromatic carbocycles. The molecule has 0 aliphatic carbocycles. The van der Waals surface area contributed by atoms with Crippen molar-refractivity contribution in [2.45, 2.75) is 13.3 Å². The third-order valence-corrected chi connectivity index (χ3v) is 3.30. The molecular formula is C17H14O2. The van der Waals surface area contributed by atoms with E-state index in [0.29, 0.717) is 5.58 Å². The van der Waals surface area contributed by atoms with Crippen molar-refractivity contribution in [3.8, 4) is 11.1 Å². The summed E-state index contributed by atoms with van der Waals surface area (Å²) in [6.45, 7) is 2.11. The summed E-state index contributed by atoms with van der Waals surface area (Å²) in [4.78, 5) is 11.7. The van der Waals surface area contributed by atoms with Crippen molar-refractivity contribution in [3.05, 3.63) is 70.6 Å². The van der Waals surface area contributed by atoms with Crippen LogP contribution in [0, 0.1) is 0 Å². The molecule has 0 fully saturated rings. The van der Waals surface area contributed by atoms with E-state index in [2.05, 4.69) is 13.0 Å². The minimum atomic E-state index is -0.310. The van der Waals surface area contributed by atoms with Gasteiger partial charge >= 0.3 is 5.63 Å².